The van der Waals surface area contributed by atoms with Gasteiger partial charge in [0.1, 0.15) is 46.3 Å². The van der Waals surface area contributed by atoms with Gasteiger partial charge in [-0.05, 0) is 122 Å². The molecule has 3 aliphatic heterocycles. The van der Waals surface area contributed by atoms with Crippen LogP contribution in [-0.4, -0.2) is 167 Å². The molecule has 0 spiro atoms. The molecule has 6 amide bonds. The largest absolute Gasteiger partial charge is 0.444 e. The maximum atomic E-state index is 13.2. The second kappa shape index (κ2) is 31.6. The normalized spacial score (nSPS) is 17.4. The van der Waals surface area contributed by atoms with Gasteiger partial charge in [-0.1, -0.05) is 18.2 Å². The summed E-state index contributed by atoms with van der Waals surface area (Å²) < 4.78 is 15.6. The summed E-state index contributed by atoms with van der Waals surface area (Å²) in [6.07, 6.45) is -2.18. The van der Waals surface area contributed by atoms with E-state index in [9.17, 15) is 63.6 Å². The van der Waals surface area contributed by atoms with Crippen LogP contribution in [0.5, 0.6) is 0 Å². The second-order valence-corrected chi connectivity index (χ2v) is 23.3. The van der Waals surface area contributed by atoms with Gasteiger partial charge in [-0.3, -0.25) is 44.6 Å². The molecule has 0 fully saturated rings. The van der Waals surface area contributed by atoms with Crippen LogP contribution >= 0.6 is 0 Å². The van der Waals surface area contributed by atoms with Crippen LogP contribution < -0.4 is 59.4 Å². The third-order valence-electron chi connectivity index (χ3n) is 11.9. The van der Waals surface area contributed by atoms with Crippen LogP contribution in [-0.2, 0) is 51.1 Å². The van der Waals surface area contributed by atoms with Gasteiger partial charge in [-0.25, -0.2) is 19.2 Å². The summed E-state index contributed by atoms with van der Waals surface area (Å²) in [6, 6.07) is -2.15. The first-order valence-electron chi connectivity index (χ1n) is 27.4. The van der Waals surface area contributed by atoms with Crippen molar-refractivity contribution in [1.29, 1.82) is 0 Å². The van der Waals surface area contributed by atoms with E-state index in [0.29, 0.717) is 60.9 Å². The van der Waals surface area contributed by atoms with Gasteiger partial charge in [0.05, 0.1) is 35.5 Å². The maximum Gasteiger partial charge on any atom is 0.413 e. The number of allylic oxidation sites excluding steroid dienone is 1. The van der Waals surface area contributed by atoms with Crippen molar-refractivity contribution in [3.8, 4) is 0 Å². The molecule has 31 nitrogen and oxygen atoms in total. The highest BCUT2D eigenvalue weighted by Gasteiger charge is 2.35. The minimum absolute atomic E-state index is 0.0655. The van der Waals surface area contributed by atoms with E-state index in [1.165, 1.54) is 13.8 Å². The number of nitrogen functional groups attached to an aromatic ring is 1. The van der Waals surface area contributed by atoms with Gasteiger partial charge in [0.25, 0.3) is 22.9 Å². The number of alkyl carbamates (subject to hydrolysis) is 3. The van der Waals surface area contributed by atoms with Gasteiger partial charge in [-0.2, -0.15) is 9.97 Å². The lowest BCUT2D eigenvalue weighted by Gasteiger charge is -2.30. The van der Waals surface area contributed by atoms with Crippen molar-refractivity contribution in [2.24, 2.45) is 11.8 Å². The number of H-pyrrole nitrogens is 2. The monoisotopic (exact) mass is 1200 g/mol. The topological polar surface area (TPSA) is 454 Å². The van der Waals surface area contributed by atoms with Gasteiger partial charge in [0.15, 0.2) is 0 Å². The van der Waals surface area contributed by atoms with Crippen LogP contribution in [0.3, 0.4) is 0 Å². The lowest BCUT2D eigenvalue weighted by Crippen LogP contribution is -2.47. The number of aliphatic hydroxyl groups is 4. The number of nitrogens with one attached hydrogen (secondary N) is 10. The number of hydrogen-bond donors (Lipinski definition) is 15. The molecule has 0 aliphatic carbocycles. The number of imide groups is 1. The predicted octanol–water partition coefficient (Wildman–Crippen LogP) is 1.14. The third kappa shape index (κ3) is 25.2. The Morgan fingerprint density at radius 3 is 1.59 bits per heavy atom. The Hall–Kier alpha value is -8.29. The SMILES string of the molecule is C=C(C)NCCC[C@H](NC(=O)OC(C)(C)C)C(=O)ON1C(=O)C=CC1=O.C=C(NCCC[C@H](NC(=O)OC(C)(C)C)C(=O)Nc1nc2c(c(=O)[nH]1)CC([C@@H](O)[C@H](C)O)CN2)NC(=O)OC(C)(C)C.C[C@H](O)[C@H](O)C1CNc2nc(N)[nH]c(=O)c2C1. The molecule has 474 valence electrons. The van der Waals surface area contributed by atoms with Crippen molar-refractivity contribution >= 4 is 65.5 Å². The summed E-state index contributed by atoms with van der Waals surface area (Å²) in [5, 5.41) is 61.1. The number of aliphatic hydroxyl groups excluding tert-OH is 4. The molecule has 2 unspecified atom stereocenters. The molecule has 5 rings (SSSR count). The number of anilines is 4. The fraction of sp³-hybridized carbons (Fsp3) is 0.611. The van der Waals surface area contributed by atoms with E-state index in [0.717, 1.165) is 17.8 Å². The molecule has 8 atom stereocenters. The van der Waals surface area contributed by atoms with E-state index in [1.807, 2.05) is 0 Å². The Kier molecular flexibility index (Phi) is 26.4. The molecule has 0 radical (unpaired) electrons. The van der Waals surface area contributed by atoms with Gasteiger partial charge >= 0.3 is 24.2 Å². The van der Waals surface area contributed by atoms with Crippen molar-refractivity contribution < 1.29 is 73.0 Å². The zero-order valence-electron chi connectivity index (χ0n) is 50.3. The van der Waals surface area contributed by atoms with E-state index >= 15 is 0 Å². The number of aromatic amines is 2. The van der Waals surface area contributed by atoms with Gasteiger partial charge < -0.3 is 77.1 Å². The number of carbonyl (C=O) groups excluding carboxylic acids is 7. The summed E-state index contributed by atoms with van der Waals surface area (Å²) in [7, 11) is 0. The highest BCUT2D eigenvalue weighted by Crippen LogP contribution is 2.25. The number of hydrogen-bond acceptors (Lipinski definition) is 24. The zero-order chi connectivity index (χ0) is 64.3. The molecule has 2 aromatic rings. The summed E-state index contributed by atoms with van der Waals surface area (Å²) in [5.41, 5.74) is 3.93. The van der Waals surface area contributed by atoms with Gasteiger partial charge in [0.2, 0.25) is 17.8 Å². The molecule has 16 N–H and O–H groups in total. The minimum atomic E-state index is -1.09. The molecule has 5 heterocycles. The highest BCUT2D eigenvalue weighted by atomic mass is 16.7. The van der Waals surface area contributed by atoms with E-state index in [4.69, 9.17) is 24.8 Å². The van der Waals surface area contributed by atoms with Crippen LogP contribution in [0.4, 0.5) is 37.9 Å². The van der Waals surface area contributed by atoms with E-state index < -0.39 is 107 Å². The molecule has 3 aliphatic rings. The van der Waals surface area contributed by atoms with E-state index in [2.05, 4.69) is 75.6 Å². The highest BCUT2D eigenvalue weighted by molar-refractivity contribution is 6.12. The average Bonchev–Trinajstić information content (AvgIpc) is 3.92. The Morgan fingerprint density at radius 1 is 0.682 bits per heavy atom. The lowest BCUT2D eigenvalue weighted by molar-refractivity contribution is -0.197. The molecular weight excluding hydrogens is 1120 g/mol. The fourth-order valence-corrected chi connectivity index (χ4v) is 8.01. The molecule has 0 bridgehead atoms. The minimum Gasteiger partial charge on any atom is -0.444 e. The van der Waals surface area contributed by atoms with Crippen LogP contribution in [0.25, 0.3) is 0 Å². The Balaban J connectivity index is 0.000000371. The van der Waals surface area contributed by atoms with Crippen LogP contribution in [0, 0.1) is 11.8 Å². The maximum absolute atomic E-state index is 13.2. The molecule has 0 saturated heterocycles. The van der Waals surface area contributed by atoms with Gasteiger partial charge in [0, 0.05) is 55.9 Å². The summed E-state index contributed by atoms with van der Waals surface area (Å²) >= 11 is 0. The van der Waals surface area contributed by atoms with Crippen molar-refractivity contribution in [3.05, 3.63) is 68.7 Å². The van der Waals surface area contributed by atoms with Crippen LogP contribution in [0.15, 0.2) is 46.4 Å². The Labute approximate surface area is 492 Å². The van der Waals surface area contributed by atoms with Crippen molar-refractivity contribution in [1.82, 2.24) is 51.6 Å². The molecule has 0 saturated carbocycles. The number of rotatable bonds is 21. The summed E-state index contributed by atoms with van der Waals surface area (Å²) in [4.78, 5) is 127. The van der Waals surface area contributed by atoms with E-state index in [-0.39, 0.29) is 60.8 Å². The smallest absolute Gasteiger partial charge is 0.413 e. The molecule has 2 aromatic heterocycles. The fourth-order valence-electron chi connectivity index (χ4n) is 8.01. The number of amides is 6. The number of nitrogens with two attached hydrogens (primary N) is 1. The summed E-state index contributed by atoms with van der Waals surface area (Å²) in [5.74, 6) is -2.86. The molecule has 31 heteroatoms. The molecule has 0 aromatic carbocycles. The molecule has 85 heavy (non-hydrogen) atoms. The third-order valence-corrected chi connectivity index (χ3v) is 11.9. The number of hydroxylamine groups is 2. The lowest BCUT2D eigenvalue weighted by atomic mass is 9.89. The van der Waals surface area contributed by atoms with Crippen molar-refractivity contribution in [3.63, 3.8) is 0 Å². The quantitative estimate of drug-likeness (QED) is 0.0473. The number of carbonyl (C=O) groups is 7. The number of ether oxygens (including phenoxy) is 3. The van der Waals surface area contributed by atoms with Gasteiger partial charge in [-0.15, -0.1) is 0 Å². The number of fused-ring (bicyclic) bond motifs is 2. The predicted molar refractivity (Wildman–Crippen MR) is 311 cm³/mol. The first-order valence-corrected chi connectivity index (χ1v) is 27.4. The number of nitrogens with zero attached hydrogens (tertiary/aromatic N) is 3. The van der Waals surface area contributed by atoms with Crippen LogP contribution in [0.1, 0.15) is 120 Å². The average molecular weight is 1200 g/mol. The Morgan fingerprint density at radius 2 is 1.12 bits per heavy atom. The van der Waals surface area contributed by atoms with Crippen molar-refractivity contribution in [2.75, 3.05) is 47.9 Å². The number of aromatic nitrogens is 4. The summed E-state index contributed by atoms with van der Waals surface area (Å²) in [6.45, 7) is 29.1. The zero-order valence-corrected chi connectivity index (χ0v) is 50.3. The first kappa shape index (κ1) is 71.0. The second-order valence-electron chi connectivity index (χ2n) is 23.3. The standard InChI is InChI=1S/C27H45N7O8.C17H25N3O6.C10H16N4O3/c1-14(35)19(36)16-12-17-20(29-13-16)32-23(33-21(17)37)34-22(38)18(31-25(40)42-27(6,7)8)10-9-11-28-15(2)30-24(39)41-26(3,4)5;1-11(2)18-10-6-7-12(19-16(24)25-17(3,4)5)15(23)26-20-13(21)8-9-14(20)22;1-4(15)7(16)5-2-6-8(12-3-5)13-10(11)14-9(6)17/h14,16,18-19,28,35-36H,2,9-13H2,1,3-8H3,(H,30,39)(H,31,40)(H3,29,32,33,34,37,38);8-9,12,18H,1,6-7,10H2,2-5H3,(H,19,24);4-5,7,15-16H,2-3H2,1H3,(H4,11,12,13,14,17)/t14-,16?,18-,19-;12-;4-,5?,7-/m000/s1. The van der Waals surface area contributed by atoms with Crippen molar-refractivity contribution in [2.45, 2.75) is 175 Å². The molecular formula is C54H86N14O17. The van der Waals surface area contributed by atoms with E-state index in [1.54, 1.807) is 69.2 Å². The first-order chi connectivity index (χ1) is 39.3. The Bertz CT molecular complexity index is 2830. The van der Waals surface area contributed by atoms with Crippen LogP contribution in [0.2, 0.25) is 0 Å².